The normalized spacial score (nSPS) is 12.5. The van der Waals surface area contributed by atoms with Crippen molar-refractivity contribution in [2.24, 2.45) is 7.05 Å². The molecule has 0 aliphatic rings. The van der Waals surface area contributed by atoms with Crippen molar-refractivity contribution in [2.45, 2.75) is 26.5 Å². The van der Waals surface area contributed by atoms with Crippen molar-refractivity contribution >= 4 is 11.0 Å². The fourth-order valence-corrected chi connectivity index (χ4v) is 2.90. The van der Waals surface area contributed by atoms with E-state index in [1.54, 1.807) is 0 Å². The van der Waals surface area contributed by atoms with Crippen LogP contribution in [0.15, 0.2) is 48.5 Å². The van der Waals surface area contributed by atoms with Crippen molar-refractivity contribution in [3.05, 3.63) is 59.9 Å². The molecular formula is C19H23N2O2+. The number of nitrogens with zero attached hydrogens (tertiary/aromatic N) is 2. The average molecular weight is 311 g/mol. The number of hydrogen-bond acceptors (Lipinski definition) is 2. The quantitative estimate of drug-likeness (QED) is 0.735. The van der Waals surface area contributed by atoms with Crippen molar-refractivity contribution in [2.75, 3.05) is 6.61 Å². The highest BCUT2D eigenvalue weighted by Crippen LogP contribution is 2.15. The molecule has 0 fully saturated rings. The van der Waals surface area contributed by atoms with Crippen LogP contribution < -0.4 is 9.30 Å². The van der Waals surface area contributed by atoms with E-state index in [-0.39, 0.29) is 6.61 Å². The Labute approximate surface area is 136 Å². The summed E-state index contributed by atoms with van der Waals surface area (Å²) >= 11 is 0. The zero-order valence-corrected chi connectivity index (χ0v) is 13.9. The van der Waals surface area contributed by atoms with Crippen LogP contribution in [0.2, 0.25) is 0 Å². The number of ether oxygens (including phenoxy) is 1. The molecule has 0 saturated carbocycles. The number of rotatable bonds is 5. The molecule has 4 nitrogen and oxygen atoms in total. The molecule has 1 heterocycles. The highest BCUT2D eigenvalue weighted by atomic mass is 16.5. The minimum absolute atomic E-state index is 0.277. The molecule has 120 valence electrons. The molecule has 0 bridgehead atoms. The molecule has 0 aliphatic heterocycles. The molecule has 3 rings (SSSR count). The van der Waals surface area contributed by atoms with E-state index in [1.807, 2.05) is 50.4 Å². The molecule has 2 aromatic carbocycles. The summed E-state index contributed by atoms with van der Waals surface area (Å²) in [7, 11) is 2.05. The zero-order valence-electron chi connectivity index (χ0n) is 13.9. The van der Waals surface area contributed by atoms with E-state index < -0.39 is 6.10 Å². The Kier molecular flexibility index (Phi) is 4.35. The molecule has 1 atom stereocenters. The van der Waals surface area contributed by atoms with Crippen LogP contribution in [0.3, 0.4) is 0 Å². The monoisotopic (exact) mass is 311 g/mol. The second-order valence-electron chi connectivity index (χ2n) is 5.99. The summed E-state index contributed by atoms with van der Waals surface area (Å²) in [5.41, 5.74) is 3.44. The van der Waals surface area contributed by atoms with Gasteiger partial charge in [0.25, 0.3) is 5.82 Å². The number of aromatic nitrogens is 2. The molecule has 1 aromatic heterocycles. The van der Waals surface area contributed by atoms with Crippen LogP contribution in [0.5, 0.6) is 5.75 Å². The minimum Gasteiger partial charge on any atom is -0.491 e. The van der Waals surface area contributed by atoms with Crippen LogP contribution in [0.25, 0.3) is 11.0 Å². The first-order valence-corrected chi connectivity index (χ1v) is 7.87. The third-order valence-corrected chi connectivity index (χ3v) is 4.24. The third-order valence-electron chi connectivity index (χ3n) is 4.24. The van der Waals surface area contributed by atoms with E-state index >= 15 is 0 Å². The lowest BCUT2D eigenvalue weighted by Gasteiger charge is -2.12. The lowest BCUT2D eigenvalue weighted by Crippen LogP contribution is -2.32. The fourth-order valence-electron chi connectivity index (χ4n) is 2.90. The number of imidazole rings is 1. The lowest BCUT2D eigenvalue weighted by atomic mass is 10.2. The second kappa shape index (κ2) is 6.42. The van der Waals surface area contributed by atoms with E-state index in [1.165, 1.54) is 0 Å². The third kappa shape index (κ3) is 3.22. The lowest BCUT2D eigenvalue weighted by molar-refractivity contribution is -0.652. The molecular weight excluding hydrogens is 288 g/mol. The Morgan fingerprint density at radius 2 is 1.91 bits per heavy atom. The molecule has 0 amide bonds. The van der Waals surface area contributed by atoms with E-state index in [0.717, 1.165) is 28.2 Å². The van der Waals surface area contributed by atoms with Crippen molar-refractivity contribution in [3.8, 4) is 5.75 Å². The van der Waals surface area contributed by atoms with Gasteiger partial charge in [0.1, 0.15) is 25.0 Å². The van der Waals surface area contributed by atoms with Crippen molar-refractivity contribution in [1.29, 1.82) is 0 Å². The largest absolute Gasteiger partial charge is 0.491 e. The molecule has 23 heavy (non-hydrogen) atoms. The van der Waals surface area contributed by atoms with Crippen molar-refractivity contribution < 1.29 is 14.4 Å². The van der Waals surface area contributed by atoms with E-state index in [2.05, 4.69) is 28.2 Å². The van der Waals surface area contributed by atoms with Crippen molar-refractivity contribution in [3.63, 3.8) is 0 Å². The summed E-state index contributed by atoms with van der Waals surface area (Å²) in [6.07, 6.45) is -0.565. The first-order valence-electron chi connectivity index (χ1n) is 7.87. The Morgan fingerprint density at radius 1 is 1.13 bits per heavy atom. The number of hydrogen-bond donors (Lipinski definition) is 1. The average Bonchev–Trinajstić information content (AvgIpc) is 2.79. The van der Waals surface area contributed by atoms with Gasteiger partial charge >= 0.3 is 0 Å². The molecule has 0 aliphatic carbocycles. The summed E-state index contributed by atoms with van der Waals surface area (Å²) in [5.74, 6) is 1.91. The zero-order chi connectivity index (χ0) is 16.4. The molecule has 0 radical (unpaired) electrons. The van der Waals surface area contributed by atoms with Gasteiger partial charge in [-0.05, 0) is 36.8 Å². The highest BCUT2D eigenvalue weighted by Gasteiger charge is 2.21. The Balaban J connectivity index is 1.73. The summed E-state index contributed by atoms with van der Waals surface area (Å²) in [6, 6.07) is 16.1. The number of benzene rings is 2. The maximum absolute atomic E-state index is 10.4. The molecule has 1 N–H and O–H groups in total. The van der Waals surface area contributed by atoms with Crippen LogP contribution in [0, 0.1) is 13.8 Å². The van der Waals surface area contributed by atoms with Gasteiger partial charge in [-0.2, -0.15) is 0 Å². The summed E-state index contributed by atoms with van der Waals surface area (Å²) in [5, 5.41) is 10.4. The maximum atomic E-state index is 10.4. The van der Waals surface area contributed by atoms with Gasteiger partial charge in [0, 0.05) is 6.92 Å². The van der Waals surface area contributed by atoms with Crippen LogP contribution >= 0.6 is 0 Å². The summed E-state index contributed by atoms with van der Waals surface area (Å²) < 4.78 is 9.99. The van der Waals surface area contributed by atoms with Gasteiger partial charge in [0.2, 0.25) is 0 Å². The Bertz CT molecular complexity index is 823. The van der Waals surface area contributed by atoms with Crippen LogP contribution in [0.1, 0.15) is 11.4 Å². The maximum Gasteiger partial charge on any atom is 0.254 e. The molecule has 0 spiro atoms. The van der Waals surface area contributed by atoms with Gasteiger partial charge in [-0.3, -0.25) is 0 Å². The van der Waals surface area contributed by atoms with Gasteiger partial charge in [-0.1, -0.05) is 24.3 Å². The Hall–Kier alpha value is -2.33. The molecule has 3 aromatic rings. The number of fused-ring (bicyclic) bond motifs is 1. The van der Waals surface area contributed by atoms with Gasteiger partial charge in [0.15, 0.2) is 11.0 Å². The number of aliphatic hydroxyl groups excluding tert-OH is 1. The van der Waals surface area contributed by atoms with Gasteiger partial charge < -0.3 is 9.84 Å². The molecule has 4 heteroatoms. The highest BCUT2D eigenvalue weighted by molar-refractivity contribution is 5.72. The Morgan fingerprint density at radius 3 is 2.70 bits per heavy atom. The van der Waals surface area contributed by atoms with Crippen LogP contribution in [-0.4, -0.2) is 22.4 Å². The van der Waals surface area contributed by atoms with Gasteiger partial charge in [0.05, 0.1) is 7.05 Å². The predicted molar refractivity (Wildman–Crippen MR) is 90.5 cm³/mol. The van der Waals surface area contributed by atoms with E-state index in [0.29, 0.717) is 6.54 Å². The van der Waals surface area contributed by atoms with Gasteiger partial charge in [-0.25, -0.2) is 9.13 Å². The van der Waals surface area contributed by atoms with Crippen LogP contribution in [0.4, 0.5) is 0 Å². The second-order valence-corrected chi connectivity index (χ2v) is 5.99. The number of aryl methyl sites for hydroxylation is 2. The standard InChI is InChI=1S/C19H23N2O2/c1-14-7-6-8-17(11-14)23-13-16(22)12-21-15(2)20(3)18-9-4-5-10-19(18)21/h4-11,16,22H,12-13H2,1-3H3/q+1/t16-/m0/s1. The molecule has 0 saturated heterocycles. The van der Waals surface area contributed by atoms with E-state index in [9.17, 15) is 5.11 Å². The molecule has 0 unspecified atom stereocenters. The fraction of sp³-hybridized carbons (Fsp3) is 0.316. The first kappa shape index (κ1) is 15.6. The summed E-state index contributed by atoms with van der Waals surface area (Å²) in [4.78, 5) is 0. The predicted octanol–water partition coefficient (Wildman–Crippen LogP) is 2.52. The van der Waals surface area contributed by atoms with Crippen LogP contribution in [-0.2, 0) is 13.6 Å². The number of aliphatic hydroxyl groups is 1. The van der Waals surface area contributed by atoms with Crippen molar-refractivity contribution in [1.82, 2.24) is 4.57 Å². The smallest absolute Gasteiger partial charge is 0.254 e. The first-order chi connectivity index (χ1) is 11.1. The van der Waals surface area contributed by atoms with Gasteiger partial charge in [-0.15, -0.1) is 0 Å². The summed E-state index contributed by atoms with van der Waals surface area (Å²) in [6.45, 7) is 4.88. The topological polar surface area (TPSA) is 38.3 Å². The number of para-hydroxylation sites is 2. The van der Waals surface area contributed by atoms with E-state index in [4.69, 9.17) is 4.74 Å². The SMILES string of the molecule is Cc1cccc(OC[C@@H](O)Cn2c(C)[n+](C)c3ccccc32)c1. The minimum atomic E-state index is -0.565.